The van der Waals surface area contributed by atoms with E-state index in [4.69, 9.17) is 13.5 Å². The average Bonchev–Trinajstić information content (AvgIpc) is 3.80. The summed E-state index contributed by atoms with van der Waals surface area (Å²) in [6.07, 6.45) is 3.07. The van der Waals surface area contributed by atoms with Crippen LogP contribution in [0.4, 0.5) is 5.69 Å². The summed E-state index contributed by atoms with van der Waals surface area (Å²) in [6, 6.07) is 43.8. The Labute approximate surface area is 342 Å². The van der Waals surface area contributed by atoms with Crippen molar-refractivity contribution in [2.45, 2.75) is 64.1 Å². The average molecular weight is 792 g/mol. The van der Waals surface area contributed by atoms with E-state index in [0.717, 1.165) is 32.7 Å². The summed E-state index contributed by atoms with van der Waals surface area (Å²) in [6.45, 7) is 6.80. The molecule has 58 heavy (non-hydrogen) atoms. The molecule has 10 heteroatoms. The molecule has 0 bridgehead atoms. The molecule has 2 fully saturated rings. The lowest BCUT2D eigenvalue weighted by atomic mass is 9.58. The van der Waals surface area contributed by atoms with Gasteiger partial charge in [-0.2, -0.15) is 0 Å². The van der Waals surface area contributed by atoms with E-state index < -0.39 is 39.3 Å². The van der Waals surface area contributed by atoms with Crippen LogP contribution in [-0.2, 0) is 25.3 Å². The van der Waals surface area contributed by atoms with E-state index >= 15 is 0 Å². The fraction of sp³-hybridized carbons (Fsp3) is 0.292. The van der Waals surface area contributed by atoms with Gasteiger partial charge in [0.15, 0.2) is 0 Å². The number of imide groups is 1. The van der Waals surface area contributed by atoms with E-state index in [-0.39, 0.29) is 36.4 Å². The predicted octanol–water partition coefficient (Wildman–Crippen LogP) is 7.67. The van der Waals surface area contributed by atoms with E-state index in [1.54, 1.807) is 18.2 Å². The van der Waals surface area contributed by atoms with Crippen molar-refractivity contribution in [1.29, 1.82) is 0 Å². The number of hydrogen-bond acceptors (Lipinski definition) is 7. The fourth-order valence-corrected chi connectivity index (χ4v) is 14.2. The number of amides is 2. The molecule has 3 aliphatic rings. The van der Waals surface area contributed by atoms with Gasteiger partial charge in [-0.05, 0) is 99.5 Å². The third-order valence-electron chi connectivity index (χ3n) is 12.2. The van der Waals surface area contributed by atoms with E-state index in [9.17, 15) is 19.7 Å². The van der Waals surface area contributed by atoms with E-state index in [1.807, 2.05) is 60.7 Å². The second-order valence-corrected chi connectivity index (χ2v) is 21.0. The zero-order valence-electron chi connectivity index (χ0n) is 33.3. The first kappa shape index (κ1) is 39.7. The van der Waals surface area contributed by atoms with Gasteiger partial charge in [0.25, 0.3) is 8.32 Å². The number of para-hydroxylation sites is 1. The Hall–Kier alpha value is -5.10. The van der Waals surface area contributed by atoms with Gasteiger partial charge in [-0.1, -0.05) is 130 Å². The lowest BCUT2D eigenvalue weighted by molar-refractivity contribution is -0.122. The number of carbonyl (C=O) groups excluding carboxylic acids is 2. The molecule has 8 nitrogen and oxygen atoms in total. The molecule has 0 saturated carbocycles. The Morgan fingerprint density at radius 2 is 1.43 bits per heavy atom. The summed E-state index contributed by atoms with van der Waals surface area (Å²) in [7, 11) is -4.12. The number of rotatable bonds is 12. The number of fused-ring (bicyclic) bond motifs is 3. The molecule has 0 radical (unpaired) electrons. The zero-order chi connectivity index (χ0) is 40.4. The molecule has 0 spiro atoms. The molecule has 1 aromatic heterocycles. The van der Waals surface area contributed by atoms with Crippen LogP contribution in [0.15, 0.2) is 149 Å². The number of benzene rings is 4. The number of aliphatic hydroxyl groups is 1. The maximum atomic E-state index is 14.5. The van der Waals surface area contributed by atoms with Gasteiger partial charge in [0.1, 0.15) is 18.1 Å². The van der Waals surface area contributed by atoms with Gasteiger partial charge in [-0.3, -0.25) is 14.5 Å². The number of allylic oxidation sites excluding steroid dienone is 1. The molecular formula is C48H50BNO7Si. The Kier molecular flexibility index (Phi) is 11.4. The molecule has 8 rings (SSSR count). The smallest absolute Gasteiger partial charge is 0.455 e. The molecule has 2 aliphatic heterocycles. The van der Waals surface area contributed by atoms with E-state index in [2.05, 4.69) is 81.4 Å². The van der Waals surface area contributed by atoms with Crippen LogP contribution in [0, 0.1) is 17.8 Å². The van der Waals surface area contributed by atoms with Crippen LogP contribution in [0.25, 0.3) is 11.6 Å². The standard InChI is InChI=1S/C48H50BNO7Si/c1-48(2,3)58(39-20-12-6-13-21-39,40-22-14-7-15-23-40)55-32-35-29-41-45(47(53)50(46(41)52)36-18-10-5-11-19-36)42-30-49(54)57-43(44(35)42)27-24-34(33-16-8-4-9-17-33)28-37-25-26-38(31-51)56-37/h4-23,25-26,28,41-43,45,51,54H,24,27,29-32H2,1-3H3/b34-28-/t41-,42+,43-,45-/m1/s1. The highest BCUT2D eigenvalue weighted by atomic mass is 28.4. The van der Waals surface area contributed by atoms with Crippen LogP contribution < -0.4 is 15.3 Å². The Balaban J connectivity index is 1.22. The molecule has 4 aromatic carbocycles. The highest BCUT2D eigenvalue weighted by Gasteiger charge is 2.58. The first-order valence-electron chi connectivity index (χ1n) is 20.3. The lowest BCUT2D eigenvalue weighted by Crippen LogP contribution is -2.66. The summed E-state index contributed by atoms with van der Waals surface area (Å²) in [5.41, 5.74) is 4.51. The molecule has 2 N–H and O–H groups in total. The Morgan fingerprint density at radius 3 is 2.02 bits per heavy atom. The van der Waals surface area contributed by atoms with Crippen molar-refractivity contribution in [2.75, 3.05) is 11.5 Å². The maximum absolute atomic E-state index is 14.5. The van der Waals surface area contributed by atoms with Crippen LogP contribution in [0.1, 0.15) is 57.1 Å². The van der Waals surface area contributed by atoms with E-state index in [0.29, 0.717) is 36.5 Å². The third kappa shape index (κ3) is 7.51. The predicted molar refractivity (Wildman–Crippen MR) is 230 cm³/mol. The summed E-state index contributed by atoms with van der Waals surface area (Å²) in [4.78, 5) is 30.3. The van der Waals surface area contributed by atoms with Gasteiger partial charge in [-0.25, -0.2) is 0 Å². The molecule has 2 saturated heterocycles. The largest absolute Gasteiger partial charge is 0.459 e. The minimum Gasteiger partial charge on any atom is -0.459 e. The van der Waals surface area contributed by atoms with Crippen LogP contribution in [0.5, 0.6) is 0 Å². The Morgan fingerprint density at radius 1 is 0.828 bits per heavy atom. The van der Waals surface area contributed by atoms with Crippen molar-refractivity contribution in [3.63, 3.8) is 0 Å². The molecule has 0 unspecified atom stereocenters. The maximum Gasteiger partial charge on any atom is 0.455 e. The summed E-state index contributed by atoms with van der Waals surface area (Å²) in [5.74, 6) is -0.985. The van der Waals surface area contributed by atoms with Gasteiger partial charge in [0, 0.05) is 0 Å². The normalized spacial score (nSPS) is 21.4. The quantitative estimate of drug-likeness (QED) is 0.0759. The molecule has 5 aromatic rings. The van der Waals surface area contributed by atoms with Gasteiger partial charge in [0.2, 0.25) is 11.8 Å². The monoisotopic (exact) mass is 791 g/mol. The lowest BCUT2D eigenvalue weighted by Gasteiger charge is -2.46. The Bertz CT molecular complexity index is 2250. The zero-order valence-corrected chi connectivity index (χ0v) is 34.3. The van der Waals surface area contributed by atoms with Crippen LogP contribution in [0.3, 0.4) is 0 Å². The molecule has 4 atom stereocenters. The van der Waals surface area contributed by atoms with Crippen molar-refractivity contribution < 1.29 is 33.2 Å². The van der Waals surface area contributed by atoms with Crippen molar-refractivity contribution in [3.8, 4) is 0 Å². The number of furan rings is 1. The number of hydrogen-bond donors (Lipinski definition) is 2. The molecule has 1 aliphatic carbocycles. The highest BCUT2D eigenvalue weighted by Crippen LogP contribution is 2.52. The van der Waals surface area contributed by atoms with Crippen molar-refractivity contribution in [3.05, 3.63) is 162 Å². The summed E-state index contributed by atoms with van der Waals surface area (Å²) >= 11 is 0. The summed E-state index contributed by atoms with van der Waals surface area (Å²) in [5, 5.41) is 23.1. The van der Waals surface area contributed by atoms with Gasteiger partial charge < -0.3 is 23.6 Å². The van der Waals surface area contributed by atoms with Crippen LogP contribution in [-0.4, -0.2) is 50.1 Å². The second kappa shape index (κ2) is 16.6. The van der Waals surface area contributed by atoms with Crippen LogP contribution >= 0.6 is 0 Å². The third-order valence-corrected chi connectivity index (χ3v) is 17.2. The molecular weight excluding hydrogens is 741 g/mol. The summed E-state index contributed by atoms with van der Waals surface area (Å²) < 4.78 is 19.9. The van der Waals surface area contributed by atoms with Crippen molar-refractivity contribution >= 4 is 55.0 Å². The van der Waals surface area contributed by atoms with Gasteiger partial charge in [0.05, 0.1) is 30.2 Å². The van der Waals surface area contributed by atoms with Crippen LogP contribution in [0.2, 0.25) is 11.4 Å². The van der Waals surface area contributed by atoms with Gasteiger partial charge in [-0.15, -0.1) is 0 Å². The first-order valence-corrected chi connectivity index (χ1v) is 22.2. The molecule has 296 valence electrons. The number of anilines is 1. The van der Waals surface area contributed by atoms with Gasteiger partial charge >= 0.3 is 7.12 Å². The SMILES string of the molecule is CC(C)(C)[Si](OCC1=C2[C@@H](CC/C(=C/c3ccc(CO)o3)c3ccccc3)OB(O)C[C@@H]2[C@@H]2C(=O)N(c3ccccc3)C(=O)[C@@H]2C1)(c1ccccc1)c1ccccc1. The number of nitrogens with zero attached hydrogens (tertiary/aromatic N) is 1. The molecule has 2 amide bonds. The fourth-order valence-electron chi connectivity index (χ4n) is 9.65. The molecule has 3 heterocycles. The van der Waals surface area contributed by atoms with Crippen molar-refractivity contribution in [1.82, 2.24) is 0 Å². The highest BCUT2D eigenvalue weighted by molar-refractivity contribution is 6.99. The number of carbonyl (C=O) groups is 2. The van der Waals surface area contributed by atoms with Crippen molar-refractivity contribution in [2.24, 2.45) is 17.8 Å². The second-order valence-electron chi connectivity index (χ2n) is 16.7. The topological polar surface area (TPSA) is 109 Å². The minimum atomic E-state index is -3.00. The number of aliphatic hydroxyl groups excluding tert-OH is 1. The first-order chi connectivity index (χ1) is 28.1. The minimum absolute atomic E-state index is 0.193. The van der Waals surface area contributed by atoms with E-state index in [1.165, 1.54) is 4.90 Å².